The first-order valence-corrected chi connectivity index (χ1v) is 13.1. The van der Waals surface area contributed by atoms with Gasteiger partial charge in [-0.3, -0.25) is 9.52 Å². The van der Waals surface area contributed by atoms with Crippen molar-refractivity contribution in [3.05, 3.63) is 71.2 Å². The number of ether oxygens (including phenoxy) is 2. The lowest BCUT2D eigenvalue weighted by atomic mass is 10.2. The van der Waals surface area contributed by atoms with Gasteiger partial charge in [-0.1, -0.05) is 29.8 Å². The van der Waals surface area contributed by atoms with Crippen molar-refractivity contribution in [2.45, 2.75) is 18.4 Å². The van der Waals surface area contributed by atoms with Gasteiger partial charge in [0, 0.05) is 36.3 Å². The Hall–Kier alpha value is -4.09. The summed E-state index contributed by atoms with van der Waals surface area (Å²) in [6.45, 7) is 2.47. The maximum atomic E-state index is 13.2. The molecule has 1 aliphatic rings. The Morgan fingerprint density at radius 3 is 2.19 bits per heavy atom. The Morgan fingerprint density at radius 2 is 1.57 bits per heavy atom. The van der Waals surface area contributed by atoms with Crippen molar-refractivity contribution in [3.8, 4) is 11.5 Å². The van der Waals surface area contributed by atoms with Crippen LogP contribution in [0.25, 0.3) is 11.0 Å². The maximum Gasteiger partial charge on any atom is 0.263 e. The number of anilines is 3. The van der Waals surface area contributed by atoms with Crippen LogP contribution in [0.15, 0.2) is 65.6 Å². The Labute approximate surface area is 218 Å². The van der Waals surface area contributed by atoms with Crippen LogP contribution in [-0.4, -0.2) is 37.5 Å². The van der Waals surface area contributed by atoms with Crippen molar-refractivity contribution in [2.24, 2.45) is 0 Å². The van der Waals surface area contributed by atoms with Crippen molar-refractivity contribution < 1.29 is 22.7 Å². The van der Waals surface area contributed by atoms with E-state index in [1.54, 1.807) is 18.2 Å². The van der Waals surface area contributed by atoms with Gasteiger partial charge in [-0.2, -0.15) is 0 Å². The molecule has 2 heterocycles. The first-order chi connectivity index (χ1) is 17.8. The van der Waals surface area contributed by atoms with Crippen LogP contribution in [0.1, 0.15) is 12.5 Å². The van der Waals surface area contributed by atoms with E-state index in [-0.39, 0.29) is 29.0 Å². The average molecular weight is 540 g/mol. The highest BCUT2D eigenvalue weighted by atomic mass is 35.5. The molecule has 1 aromatic heterocycles. The molecule has 1 amide bonds. The molecule has 0 aliphatic carbocycles. The molecule has 190 valence electrons. The predicted octanol–water partition coefficient (Wildman–Crippen LogP) is 4.43. The summed E-state index contributed by atoms with van der Waals surface area (Å²) >= 11 is 6.29. The summed E-state index contributed by atoms with van der Waals surface area (Å²) in [7, 11) is -4.05. The summed E-state index contributed by atoms with van der Waals surface area (Å²) < 4.78 is 40.3. The molecule has 0 bridgehead atoms. The van der Waals surface area contributed by atoms with Gasteiger partial charge in [-0.05, 0) is 35.9 Å². The van der Waals surface area contributed by atoms with Crippen LogP contribution in [-0.2, 0) is 21.4 Å². The molecule has 4 aromatic rings. The Morgan fingerprint density at radius 1 is 0.946 bits per heavy atom. The minimum Gasteiger partial charge on any atom is -0.486 e. The van der Waals surface area contributed by atoms with Gasteiger partial charge in [0.1, 0.15) is 13.2 Å². The highest BCUT2D eigenvalue weighted by Crippen LogP contribution is 2.35. The summed E-state index contributed by atoms with van der Waals surface area (Å²) in [5.41, 5.74) is 2.20. The third kappa shape index (κ3) is 5.52. The van der Waals surface area contributed by atoms with Crippen LogP contribution in [0.3, 0.4) is 0 Å². The van der Waals surface area contributed by atoms with Crippen LogP contribution >= 0.6 is 11.6 Å². The second-order valence-electron chi connectivity index (χ2n) is 8.16. The lowest BCUT2D eigenvalue weighted by Gasteiger charge is -2.19. The first-order valence-electron chi connectivity index (χ1n) is 11.3. The number of aromatic nitrogens is 2. The summed E-state index contributed by atoms with van der Waals surface area (Å²) in [5, 5.41) is 6.31. The number of amides is 1. The first kappa shape index (κ1) is 24.6. The summed E-state index contributed by atoms with van der Waals surface area (Å²) in [6, 6.07) is 16.4. The normalized spacial score (nSPS) is 12.7. The van der Waals surface area contributed by atoms with Gasteiger partial charge in [0.25, 0.3) is 10.0 Å². The SMILES string of the molecule is CC(=O)Nc1ccc(S(=O)(=O)Nc2nc3cc4c(cc3nc2NCc2ccccc2Cl)OCCO4)cc1. The zero-order valence-corrected chi connectivity index (χ0v) is 21.2. The molecule has 0 atom stereocenters. The largest absolute Gasteiger partial charge is 0.486 e. The Bertz CT molecular complexity index is 1600. The summed E-state index contributed by atoms with van der Waals surface area (Å²) in [5.74, 6) is 1.00. The molecule has 10 nitrogen and oxygen atoms in total. The monoisotopic (exact) mass is 539 g/mol. The van der Waals surface area contributed by atoms with Gasteiger partial charge in [-0.15, -0.1) is 0 Å². The topological polar surface area (TPSA) is 132 Å². The fraction of sp³-hybridized carbons (Fsp3) is 0.160. The van der Waals surface area contributed by atoms with Crippen molar-refractivity contribution in [3.63, 3.8) is 0 Å². The molecule has 12 heteroatoms. The van der Waals surface area contributed by atoms with E-state index in [0.717, 1.165) is 5.56 Å². The fourth-order valence-corrected chi connectivity index (χ4v) is 4.93. The Kier molecular flexibility index (Phi) is 6.72. The van der Waals surface area contributed by atoms with Gasteiger partial charge in [0.05, 0.1) is 15.9 Å². The number of rotatable bonds is 7. The number of sulfonamides is 1. The molecule has 0 saturated carbocycles. The molecule has 0 fully saturated rings. The standard InChI is InChI=1S/C25H22ClN5O5S/c1-15(32)28-17-6-8-18(9-7-17)37(33,34)31-25-24(27-14-16-4-2-3-5-19(16)26)29-20-12-22-23(13-21(20)30-25)36-11-10-35-22/h2-9,12-13H,10-11,14H2,1H3,(H,27,29)(H,28,32)(H,30,31). The molecule has 0 radical (unpaired) electrons. The van der Waals surface area contributed by atoms with Crippen LogP contribution in [0.5, 0.6) is 11.5 Å². The van der Waals surface area contributed by atoms with Gasteiger partial charge >= 0.3 is 0 Å². The number of carbonyl (C=O) groups excluding carboxylic acids is 1. The fourth-order valence-electron chi connectivity index (χ4n) is 3.72. The number of halogens is 1. The number of benzene rings is 3. The van der Waals surface area contributed by atoms with Crippen molar-refractivity contribution in [1.29, 1.82) is 0 Å². The molecular weight excluding hydrogens is 518 g/mol. The lowest BCUT2D eigenvalue weighted by molar-refractivity contribution is -0.114. The quantitative estimate of drug-likeness (QED) is 0.314. The third-order valence-electron chi connectivity index (χ3n) is 5.45. The van der Waals surface area contributed by atoms with Crippen molar-refractivity contribution >= 4 is 55.9 Å². The molecule has 3 aromatic carbocycles. The van der Waals surface area contributed by atoms with Crippen LogP contribution < -0.4 is 24.8 Å². The zero-order valence-electron chi connectivity index (χ0n) is 19.6. The smallest absolute Gasteiger partial charge is 0.263 e. The van der Waals surface area contributed by atoms with Crippen molar-refractivity contribution in [1.82, 2.24) is 9.97 Å². The summed E-state index contributed by atoms with van der Waals surface area (Å²) in [6.07, 6.45) is 0. The highest BCUT2D eigenvalue weighted by molar-refractivity contribution is 7.92. The Balaban J connectivity index is 1.51. The second kappa shape index (κ2) is 10.1. The van der Waals surface area contributed by atoms with E-state index in [9.17, 15) is 13.2 Å². The van der Waals surface area contributed by atoms with Gasteiger partial charge in [-0.25, -0.2) is 18.4 Å². The number of nitrogens with one attached hydrogen (secondary N) is 3. The molecule has 0 unspecified atom stereocenters. The van der Waals surface area contributed by atoms with Crippen LogP contribution in [0, 0.1) is 0 Å². The number of hydrogen-bond donors (Lipinski definition) is 3. The molecule has 37 heavy (non-hydrogen) atoms. The van der Waals surface area contributed by atoms with Crippen LogP contribution in [0.2, 0.25) is 5.02 Å². The van der Waals surface area contributed by atoms with E-state index >= 15 is 0 Å². The third-order valence-corrected chi connectivity index (χ3v) is 7.17. The number of hydrogen-bond acceptors (Lipinski definition) is 8. The summed E-state index contributed by atoms with van der Waals surface area (Å²) in [4.78, 5) is 20.4. The predicted molar refractivity (Wildman–Crippen MR) is 141 cm³/mol. The maximum absolute atomic E-state index is 13.2. The van der Waals surface area contributed by atoms with E-state index in [0.29, 0.717) is 46.5 Å². The van der Waals surface area contributed by atoms with Crippen LogP contribution in [0.4, 0.5) is 17.3 Å². The minimum atomic E-state index is -4.05. The molecular formula is C25H22ClN5O5S. The highest BCUT2D eigenvalue weighted by Gasteiger charge is 2.21. The van der Waals surface area contributed by atoms with Gasteiger partial charge in [0.15, 0.2) is 23.1 Å². The molecule has 0 spiro atoms. The minimum absolute atomic E-state index is 0.00201. The molecule has 1 aliphatic heterocycles. The van der Waals surface area contributed by atoms with Gasteiger partial charge in [0.2, 0.25) is 5.91 Å². The number of fused-ring (bicyclic) bond motifs is 2. The van der Waals surface area contributed by atoms with E-state index in [4.69, 9.17) is 21.1 Å². The average Bonchev–Trinajstić information content (AvgIpc) is 2.87. The van der Waals surface area contributed by atoms with E-state index in [2.05, 4.69) is 25.3 Å². The van der Waals surface area contributed by atoms with Crippen molar-refractivity contribution in [2.75, 3.05) is 28.6 Å². The van der Waals surface area contributed by atoms with E-state index in [1.165, 1.54) is 31.2 Å². The number of carbonyl (C=O) groups is 1. The number of nitrogens with zero attached hydrogens (tertiary/aromatic N) is 2. The zero-order chi connectivity index (χ0) is 26.0. The van der Waals surface area contributed by atoms with E-state index < -0.39 is 10.0 Å². The van der Waals surface area contributed by atoms with Gasteiger partial charge < -0.3 is 20.1 Å². The second-order valence-corrected chi connectivity index (χ2v) is 10.3. The molecule has 5 rings (SSSR count). The molecule has 0 saturated heterocycles. The lowest BCUT2D eigenvalue weighted by Crippen LogP contribution is -2.17. The van der Waals surface area contributed by atoms with E-state index in [1.807, 2.05) is 18.2 Å². The molecule has 3 N–H and O–H groups in total.